The molecule has 0 atom stereocenters. The molecule has 0 fully saturated rings. The molecule has 0 aliphatic carbocycles. The largest absolute Gasteiger partial charge is 0.322 e. The molecule has 2 aromatic rings. The number of amides is 1. The molecule has 0 aliphatic heterocycles. The van der Waals surface area contributed by atoms with E-state index in [1.807, 2.05) is 0 Å². The molecular formula is C14H9BrClNO2. The molecule has 2 rings (SSSR count). The van der Waals surface area contributed by atoms with E-state index in [1.54, 1.807) is 42.5 Å². The Morgan fingerprint density at radius 2 is 2.00 bits per heavy atom. The molecule has 0 bridgehead atoms. The van der Waals surface area contributed by atoms with Gasteiger partial charge in [-0.05, 0) is 30.3 Å². The minimum absolute atomic E-state index is 0.325. The highest BCUT2D eigenvalue weighted by atomic mass is 79.9. The molecule has 19 heavy (non-hydrogen) atoms. The SMILES string of the molecule is O=Cc1cccc(NC(=O)c2cc(Br)ccc2Cl)c1. The first kappa shape index (κ1) is 13.8. The summed E-state index contributed by atoms with van der Waals surface area (Å²) in [5, 5.41) is 3.07. The molecule has 0 unspecified atom stereocenters. The van der Waals surface area contributed by atoms with Crippen molar-refractivity contribution in [2.75, 3.05) is 5.32 Å². The minimum Gasteiger partial charge on any atom is -0.322 e. The Hall–Kier alpha value is -1.65. The molecular weight excluding hydrogens is 330 g/mol. The number of benzene rings is 2. The van der Waals surface area contributed by atoms with Crippen molar-refractivity contribution >= 4 is 45.4 Å². The van der Waals surface area contributed by atoms with E-state index >= 15 is 0 Å². The number of aldehydes is 1. The van der Waals surface area contributed by atoms with Crippen molar-refractivity contribution in [2.45, 2.75) is 0 Å². The van der Waals surface area contributed by atoms with E-state index in [2.05, 4.69) is 21.2 Å². The summed E-state index contributed by atoms with van der Waals surface area (Å²) in [5.74, 6) is -0.325. The standard InChI is InChI=1S/C14H9BrClNO2/c15-10-4-5-13(16)12(7-10)14(19)17-11-3-1-2-9(6-11)8-18/h1-8H,(H,17,19). The van der Waals surface area contributed by atoms with Gasteiger partial charge in [0.05, 0.1) is 10.6 Å². The third-order valence-corrected chi connectivity index (χ3v) is 3.28. The van der Waals surface area contributed by atoms with E-state index in [-0.39, 0.29) is 5.91 Å². The highest BCUT2D eigenvalue weighted by molar-refractivity contribution is 9.10. The van der Waals surface area contributed by atoms with Crippen LogP contribution in [0.5, 0.6) is 0 Å². The topological polar surface area (TPSA) is 46.2 Å². The number of rotatable bonds is 3. The van der Waals surface area contributed by atoms with Crippen molar-refractivity contribution in [3.05, 3.63) is 63.1 Å². The third kappa shape index (κ3) is 3.43. The zero-order valence-electron chi connectivity index (χ0n) is 9.69. The highest BCUT2D eigenvalue weighted by Crippen LogP contribution is 2.22. The van der Waals surface area contributed by atoms with Gasteiger partial charge in [-0.25, -0.2) is 0 Å². The van der Waals surface area contributed by atoms with Gasteiger partial charge >= 0.3 is 0 Å². The maximum atomic E-state index is 12.1. The number of anilines is 1. The average molecular weight is 339 g/mol. The van der Waals surface area contributed by atoms with Crippen molar-refractivity contribution in [1.82, 2.24) is 0 Å². The van der Waals surface area contributed by atoms with Crippen molar-refractivity contribution in [3.8, 4) is 0 Å². The molecule has 0 saturated carbocycles. The lowest BCUT2D eigenvalue weighted by Crippen LogP contribution is -2.12. The van der Waals surface area contributed by atoms with Gasteiger partial charge in [-0.1, -0.05) is 39.7 Å². The van der Waals surface area contributed by atoms with Crippen molar-refractivity contribution in [3.63, 3.8) is 0 Å². The summed E-state index contributed by atoms with van der Waals surface area (Å²) < 4.78 is 0.767. The maximum absolute atomic E-state index is 12.1. The van der Waals surface area contributed by atoms with Gasteiger partial charge in [0.1, 0.15) is 6.29 Å². The first-order valence-electron chi connectivity index (χ1n) is 5.42. The number of carbonyl (C=O) groups is 2. The Labute approximate surface area is 123 Å². The number of halogens is 2. The van der Waals surface area contributed by atoms with Gasteiger partial charge in [0, 0.05) is 15.7 Å². The average Bonchev–Trinajstić information content (AvgIpc) is 2.41. The van der Waals surface area contributed by atoms with Crippen LogP contribution >= 0.6 is 27.5 Å². The maximum Gasteiger partial charge on any atom is 0.257 e. The second kappa shape index (κ2) is 5.99. The minimum atomic E-state index is -0.325. The van der Waals surface area contributed by atoms with Crippen molar-refractivity contribution in [1.29, 1.82) is 0 Å². The zero-order chi connectivity index (χ0) is 13.8. The fourth-order valence-corrected chi connectivity index (χ4v) is 2.12. The Bertz CT molecular complexity index is 643. The van der Waals surface area contributed by atoms with Crippen LogP contribution in [0.2, 0.25) is 5.02 Å². The van der Waals surface area contributed by atoms with Crippen LogP contribution < -0.4 is 5.32 Å². The van der Waals surface area contributed by atoms with Crippen LogP contribution in [-0.4, -0.2) is 12.2 Å². The van der Waals surface area contributed by atoms with Gasteiger partial charge in [0.2, 0.25) is 0 Å². The second-order valence-electron chi connectivity index (χ2n) is 3.82. The summed E-state index contributed by atoms with van der Waals surface area (Å²) in [6.07, 6.45) is 0.724. The number of hydrogen-bond acceptors (Lipinski definition) is 2. The molecule has 2 aromatic carbocycles. The smallest absolute Gasteiger partial charge is 0.257 e. The van der Waals surface area contributed by atoms with Crippen LogP contribution in [0.15, 0.2) is 46.9 Å². The summed E-state index contributed by atoms with van der Waals surface area (Å²) in [5.41, 5.74) is 1.41. The Balaban J connectivity index is 2.25. The monoisotopic (exact) mass is 337 g/mol. The van der Waals surface area contributed by atoms with E-state index < -0.39 is 0 Å². The summed E-state index contributed by atoms with van der Waals surface area (Å²) in [6.45, 7) is 0. The van der Waals surface area contributed by atoms with Crippen LogP contribution in [0.4, 0.5) is 5.69 Å². The number of carbonyl (C=O) groups excluding carboxylic acids is 2. The van der Waals surface area contributed by atoms with E-state index in [0.29, 0.717) is 21.8 Å². The van der Waals surface area contributed by atoms with Gasteiger partial charge in [0.15, 0.2) is 0 Å². The molecule has 0 spiro atoms. The quantitative estimate of drug-likeness (QED) is 0.854. The lowest BCUT2D eigenvalue weighted by atomic mass is 10.2. The van der Waals surface area contributed by atoms with Crippen molar-refractivity contribution in [2.24, 2.45) is 0 Å². The molecule has 0 saturated heterocycles. The second-order valence-corrected chi connectivity index (χ2v) is 5.14. The summed E-state index contributed by atoms with van der Waals surface area (Å²) in [6, 6.07) is 11.7. The number of nitrogens with one attached hydrogen (secondary N) is 1. The van der Waals surface area contributed by atoms with E-state index in [1.165, 1.54) is 0 Å². The van der Waals surface area contributed by atoms with Crippen LogP contribution in [0, 0.1) is 0 Å². The van der Waals surface area contributed by atoms with Crippen LogP contribution in [0.3, 0.4) is 0 Å². The lowest BCUT2D eigenvalue weighted by molar-refractivity contribution is 0.102. The van der Waals surface area contributed by atoms with E-state index in [4.69, 9.17) is 11.6 Å². The van der Waals surface area contributed by atoms with Gasteiger partial charge in [-0.2, -0.15) is 0 Å². The normalized spacial score (nSPS) is 10.0. The van der Waals surface area contributed by atoms with Gasteiger partial charge in [-0.3, -0.25) is 9.59 Å². The molecule has 5 heteroatoms. The predicted molar refractivity (Wildman–Crippen MR) is 78.9 cm³/mol. The van der Waals surface area contributed by atoms with Crippen LogP contribution in [0.25, 0.3) is 0 Å². The summed E-state index contributed by atoms with van der Waals surface area (Å²) >= 11 is 9.27. The van der Waals surface area contributed by atoms with Crippen molar-refractivity contribution < 1.29 is 9.59 Å². The van der Waals surface area contributed by atoms with Crippen LogP contribution in [0.1, 0.15) is 20.7 Å². The Kier molecular flexibility index (Phi) is 4.35. The van der Waals surface area contributed by atoms with E-state index in [9.17, 15) is 9.59 Å². The summed E-state index contributed by atoms with van der Waals surface area (Å²) in [7, 11) is 0. The Morgan fingerprint density at radius 1 is 1.21 bits per heavy atom. The van der Waals surface area contributed by atoms with Gasteiger partial charge < -0.3 is 5.32 Å². The molecule has 1 amide bonds. The third-order valence-electron chi connectivity index (χ3n) is 2.45. The Morgan fingerprint density at radius 3 is 2.74 bits per heavy atom. The van der Waals surface area contributed by atoms with Gasteiger partial charge in [-0.15, -0.1) is 0 Å². The zero-order valence-corrected chi connectivity index (χ0v) is 12.0. The molecule has 0 aromatic heterocycles. The fraction of sp³-hybridized carbons (Fsp3) is 0. The predicted octanol–water partition coefficient (Wildman–Crippen LogP) is 4.17. The fourth-order valence-electron chi connectivity index (χ4n) is 1.56. The lowest BCUT2D eigenvalue weighted by Gasteiger charge is -2.07. The van der Waals surface area contributed by atoms with Crippen LogP contribution in [-0.2, 0) is 0 Å². The summed E-state index contributed by atoms with van der Waals surface area (Å²) in [4.78, 5) is 22.8. The van der Waals surface area contributed by atoms with Gasteiger partial charge in [0.25, 0.3) is 5.91 Å². The highest BCUT2D eigenvalue weighted by Gasteiger charge is 2.11. The first-order valence-corrected chi connectivity index (χ1v) is 6.59. The molecule has 0 radical (unpaired) electrons. The molecule has 0 heterocycles. The van der Waals surface area contributed by atoms with E-state index in [0.717, 1.165) is 10.8 Å². The first-order chi connectivity index (χ1) is 9.10. The molecule has 3 nitrogen and oxygen atoms in total. The molecule has 1 N–H and O–H groups in total. The molecule has 0 aliphatic rings. The molecule has 96 valence electrons. The number of hydrogen-bond donors (Lipinski definition) is 1.